The molecule has 1 aromatic carbocycles. The zero-order valence-corrected chi connectivity index (χ0v) is 18.2. The molecule has 2 atom stereocenters. The van der Waals surface area contributed by atoms with Gasteiger partial charge >= 0.3 is 0 Å². The molecule has 0 bridgehead atoms. The van der Waals surface area contributed by atoms with E-state index in [0.717, 1.165) is 25.8 Å². The minimum atomic E-state index is -0.559. The van der Waals surface area contributed by atoms with E-state index in [1.54, 1.807) is 29.0 Å². The predicted octanol–water partition coefficient (Wildman–Crippen LogP) is 3.43. The summed E-state index contributed by atoms with van der Waals surface area (Å²) < 4.78 is 36.2. The van der Waals surface area contributed by atoms with E-state index in [2.05, 4.69) is 20.4 Å². The van der Waals surface area contributed by atoms with Crippen LogP contribution in [0.3, 0.4) is 0 Å². The topological polar surface area (TPSA) is 97.5 Å². The summed E-state index contributed by atoms with van der Waals surface area (Å²) in [5, 5.41) is 8.08. The van der Waals surface area contributed by atoms with Crippen molar-refractivity contribution in [2.45, 2.75) is 37.8 Å². The van der Waals surface area contributed by atoms with Crippen LogP contribution in [0.25, 0.3) is 17.2 Å². The highest BCUT2D eigenvalue weighted by Gasteiger charge is 2.31. The second kappa shape index (κ2) is 8.78. The number of nitrogens with two attached hydrogens (primary N) is 1. The van der Waals surface area contributed by atoms with Crippen molar-refractivity contribution in [2.24, 2.45) is 0 Å². The van der Waals surface area contributed by atoms with Gasteiger partial charge in [0.1, 0.15) is 17.5 Å². The predicted molar refractivity (Wildman–Crippen MR) is 121 cm³/mol. The van der Waals surface area contributed by atoms with E-state index in [1.807, 2.05) is 11.9 Å². The first-order chi connectivity index (χ1) is 16.0. The maximum atomic E-state index is 14.6. The summed E-state index contributed by atoms with van der Waals surface area (Å²) in [5.41, 5.74) is 6.65. The van der Waals surface area contributed by atoms with Crippen LogP contribution < -0.4 is 16.0 Å². The Morgan fingerprint density at radius 2 is 2.03 bits per heavy atom. The number of rotatable bonds is 6. The van der Waals surface area contributed by atoms with Gasteiger partial charge in [-0.05, 0) is 43.7 Å². The third-order valence-corrected chi connectivity index (χ3v) is 6.17. The molecule has 5 rings (SSSR count). The first kappa shape index (κ1) is 21.3. The van der Waals surface area contributed by atoms with Crippen LogP contribution >= 0.6 is 0 Å². The SMILES string of the molecule is CN(c1nc(N)cc2nc(-c3ccco3)nn12)C(Cc1c(F)cccc1F)C1CCCCN1. The molecule has 33 heavy (non-hydrogen) atoms. The van der Waals surface area contributed by atoms with Crippen LogP contribution in [0.2, 0.25) is 0 Å². The number of nitrogens with one attached hydrogen (secondary N) is 1. The van der Waals surface area contributed by atoms with Gasteiger partial charge in [0, 0.05) is 31.1 Å². The molecule has 0 amide bonds. The summed E-state index contributed by atoms with van der Waals surface area (Å²) >= 11 is 0. The Kier molecular flexibility index (Phi) is 5.67. The van der Waals surface area contributed by atoms with Gasteiger partial charge in [-0.15, -0.1) is 5.10 Å². The Labute approximate surface area is 189 Å². The van der Waals surface area contributed by atoms with E-state index < -0.39 is 11.6 Å². The minimum absolute atomic E-state index is 0.00843. The monoisotopic (exact) mass is 453 g/mol. The molecule has 3 aromatic heterocycles. The Bertz CT molecular complexity index is 1230. The van der Waals surface area contributed by atoms with Crippen LogP contribution in [-0.4, -0.2) is 45.3 Å². The summed E-state index contributed by atoms with van der Waals surface area (Å²) in [5.74, 6) is 0.505. The van der Waals surface area contributed by atoms with Gasteiger partial charge in [-0.2, -0.15) is 9.50 Å². The molecule has 1 aliphatic heterocycles. The number of anilines is 2. The summed E-state index contributed by atoms with van der Waals surface area (Å²) in [6, 6.07) is 8.81. The lowest BCUT2D eigenvalue weighted by Gasteiger charge is -2.38. The summed E-state index contributed by atoms with van der Waals surface area (Å²) in [6.07, 6.45) is 4.69. The van der Waals surface area contributed by atoms with Crippen LogP contribution in [-0.2, 0) is 6.42 Å². The van der Waals surface area contributed by atoms with Gasteiger partial charge in [0.2, 0.25) is 11.8 Å². The summed E-state index contributed by atoms with van der Waals surface area (Å²) in [7, 11) is 1.84. The molecular weight excluding hydrogens is 428 g/mol. The molecular formula is C23H25F2N7O. The largest absolute Gasteiger partial charge is 0.461 e. The van der Waals surface area contributed by atoms with Crippen molar-refractivity contribution in [1.29, 1.82) is 0 Å². The van der Waals surface area contributed by atoms with Gasteiger partial charge in [0.05, 0.1) is 12.3 Å². The molecule has 0 aliphatic carbocycles. The van der Waals surface area contributed by atoms with Crippen molar-refractivity contribution in [2.75, 3.05) is 24.2 Å². The zero-order valence-electron chi connectivity index (χ0n) is 18.2. The van der Waals surface area contributed by atoms with Crippen molar-refractivity contribution in [3.05, 3.63) is 59.9 Å². The van der Waals surface area contributed by atoms with Crippen LogP contribution in [0.5, 0.6) is 0 Å². The number of nitrogen functional groups attached to an aromatic ring is 1. The highest BCUT2D eigenvalue weighted by atomic mass is 19.1. The van der Waals surface area contributed by atoms with E-state index in [9.17, 15) is 8.78 Å². The number of fused-ring (bicyclic) bond motifs is 1. The fourth-order valence-corrected chi connectivity index (χ4v) is 4.47. The Hall–Kier alpha value is -3.53. The molecule has 1 aliphatic rings. The average molecular weight is 453 g/mol. The van der Waals surface area contributed by atoms with E-state index in [-0.39, 0.29) is 29.9 Å². The lowest BCUT2D eigenvalue weighted by Crippen LogP contribution is -2.52. The molecule has 2 unspecified atom stereocenters. The number of piperidine rings is 1. The molecule has 0 radical (unpaired) electrons. The van der Waals surface area contributed by atoms with Gasteiger partial charge in [0.15, 0.2) is 11.4 Å². The Morgan fingerprint density at radius 1 is 1.21 bits per heavy atom. The van der Waals surface area contributed by atoms with Crippen LogP contribution in [0.15, 0.2) is 47.1 Å². The molecule has 0 spiro atoms. The lowest BCUT2D eigenvalue weighted by molar-refractivity contribution is 0.334. The highest BCUT2D eigenvalue weighted by Crippen LogP contribution is 2.27. The normalized spacial score (nSPS) is 17.4. The fourth-order valence-electron chi connectivity index (χ4n) is 4.47. The molecule has 0 saturated carbocycles. The van der Waals surface area contributed by atoms with E-state index in [1.165, 1.54) is 18.2 Å². The molecule has 1 saturated heterocycles. The number of furan rings is 1. The van der Waals surface area contributed by atoms with E-state index >= 15 is 0 Å². The molecule has 10 heteroatoms. The Balaban J connectivity index is 1.58. The number of likely N-dealkylation sites (N-methyl/N-ethyl adjacent to an activating group) is 1. The number of benzene rings is 1. The summed E-state index contributed by atoms with van der Waals surface area (Å²) in [6.45, 7) is 0.848. The molecule has 3 N–H and O–H groups in total. The lowest BCUT2D eigenvalue weighted by atomic mass is 9.91. The molecule has 172 valence electrons. The van der Waals surface area contributed by atoms with Crippen molar-refractivity contribution < 1.29 is 13.2 Å². The number of aromatic nitrogens is 4. The van der Waals surface area contributed by atoms with Gasteiger partial charge in [-0.25, -0.2) is 13.8 Å². The van der Waals surface area contributed by atoms with Crippen molar-refractivity contribution in [1.82, 2.24) is 24.9 Å². The number of hydrogen-bond acceptors (Lipinski definition) is 7. The van der Waals surface area contributed by atoms with Crippen LogP contribution in [0.1, 0.15) is 24.8 Å². The maximum Gasteiger partial charge on any atom is 0.230 e. The first-order valence-corrected chi connectivity index (χ1v) is 11.0. The highest BCUT2D eigenvalue weighted by molar-refractivity contribution is 5.59. The molecule has 4 aromatic rings. The smallest absolute Gasteiger partial charge is 0.230 e. The molecule has 1 fully saturated rings. The fraction of sp³-hybridized carbons (Fsp3) is 0.348. The maximum absolute atomic E-state index is 14.6. The minimum Gasteiger partial charge on any atom is -0.461 e. The molecule has 8 nitrogen and oxygen atoms in total. The van der Waals surface area contributed by atoms with Crippen LogP contribution in [0, 0.1) is 11.6 Å². The third-order valence-electron chi connectivity index (χ3n) is 6.17. The average Bonchev–Trinajstić information content (AvgIpc) is 3.48. The second-order valence-electron chi connectivity index (χ2n) is 8.30. The van der Waals surface area contributed by atoms with Crippen LogP contribution in [0.4, 0.5) is 20.5 Å². The number of halogens is 2. The Morgan fingerprint density at radius 3 is 2.73 bits per heavy atom. The number of nitrogens with zero attached hydrogens (tertiary/aromatic N) is 5. The zero-order chi connectivity index (χ0) is 22.9. The second-order valence-corrected chi connectivity index (χ2v) is 8.30. The summed E-state index contributed by atoms with van der Waals surface area (Å²) in [4.78, 5) is 10.9. The van der Waals surface area contributed by atoms with Crippen molar-refractivity contribution in [3.63, 3.8) is 0 Å². The van der Waals surface area contributed by atoms with Gasteiger partial charge < -0.3 is 20.4 Å². The quantitative estimate of drug-likeness (QED) is 0.462. The standard InChI is InChI=1S/C23H25F2N7O/c1-31(18(17-8-2-3-10-27-17)12-14-15(24)6-4-7-16(14)25)23-28-20(26)13-21-29-22(30-32(21)23)19-9-5-11-33-19/h4-7,9,11,13,17-18,27H,2-3,8,10,12,26H2,1H3. The van der Waals surface area contributed by atoms with Gasteiger partial charge in [0.25, 0.3) is 0 Å². The van der Waals surface area contributed by atoms with Gasteiger partial charge in [-0.1, -0.05) is 12.5 Å². The van der Waals surface area contributed by atoms with Crippen molar-refractivity contribution >= 4 is 17.4 Å². The van der Waals surface area contributed by atoms with E-state index in [0.29, 0.717) is 23.2 Å². The van der Waals surface area contributed by atoms with E-state index in [4.69, 9.17) is 10.2 Å². The van der Waals surface area contributed by atoms with Gasteiger partial charge in [-0.3, -0.25) is 0 Å². The number of hydrogen-bond donors (Lipinski definition) is 2. The first-order valence-electron chi connectivity index (χ1n) is 11.0. The molecule has 4 heterocycles. The third kappa shape index (κ3) is 4.13. The van der Waals surface area contributed by atoms with Crippen molar-refractivity contribution in [3.8, 4) is 11.6 Å².